The molecule has 0 aliphatic rings. The Labute approximate surface area is 136 Å². The zero-order chi connectivity index (χ0) is 16.7. The first-order valence-electron chi connectivity index (χ1n) is 7.83. The Morgan fingerprint density at radius 3 is 2.43 bits per heavy atom. The Morgan fingerprint density at radius 2 is 1.74 bits per heavy atom. The fourth-order valence-electron chi connectivity index (χ4n) is 2.39. The van der Waals surface area contributed by atoms with Crippen LogP contribution in [0.4, 0.5) is 5.69 Å². The van der Waals surface area contributed by atoms with Crippen molar-refractivity contribution in [1.29, 1.82) is 0 Å². The first-order chi connectivity index (χ1) is 11.1. The minimum absolute atomic E-state index is 0.0950. The average Bonchev–Trinajstić information content (AvgIpc) is 2.57. The fourth-order valence-corrected chi connectivity index (χ4v) is 2.39. The number of benzene rings is 2. The Hall–Kier alpha value is -2.62. The molecule has 2 amide bonds. The van der Waals surface area contributed by atoms with Crippen molar-refractivity contribution in [2.45, 2.75) is 26.7 Å². The summed E-state index contributed by atoms with van der Waals surface area (Å²) in [5, 5.41) is 5.71. The van der Waals surface area contributed by atoms with E-state index in [0.29, 0.717) is 12.1 Å². The highest BCUT2D eigenvalue weighted by molar-refractivity contribution is 5.95. The normalized spacial score (nSPS) is 10.2. The predicted molar refractivity (Wildman–Crippen MR) is 92.6 cm³/mol. The van der Waals surface area contributed by atoms with Gasteiger partial charge in [-0.2, -0.15) is 0 Å². The van der Waals surface area contributed by atoms with Crippen LogP contribution >= 0.6 is 0 Å². The summed E-state index contributed by atoms with van der Waals surface area (Å²) in [5.74, 6) is -0.258. The summed E-state index contributed by atoms with van der Waals surface area (Å²) < 4.78 is 0. The monoisotopic (exact) mass is 310 g/mol. The van der Waals surface area contributed by atoms with Crippen LogP contribution in [0.15, 0.2) is 48.5 Å². The SMILES string of the molecule is CCc1cccc(C)c1NC(=O)CCNC(=O)c1ccccc1. The van der Waals surface area contributed by atoms with Gasteiger partial charge in [0.2, 0.25) is 5.91 Å². The Morgan fingerprint density at radius 1 is 1.00 bits per heavy atom. The van der Waals surface area contributed by atoms with Crippen molar-refractivity contribution < 1.29 is 9.59 Å². The number of para-hydroxylation sites is 1. The van der Waals surface area contributed by atoms with Gasteiger partial charge < -0.3 is 10.6 Å². The van der Waals surface area contributed by atoms with E-state index < -0.39 is 0 Å². The molecule has 0 bridgehead atoms. The lowest BCUT2D eigenvalue weighted by Gasteiger charge is -2.13. The van der Waals surface area contributed by atoms with E-state index in [4.69, 9.17) is 0 Å². The van der Waals surface area contributed by atoms with Gasteiger partial charge in [-0.15, -0.1) is 0 Å². The van der Waals surface area contributed by atoms with Crippen LogP contribution in [0.1, 0.15) is 34.8 Å². The van der Waals surface area contributed by atoms with Crippen molar-refractivity contribution in [1.82, 2.24) is 5.32 Å². The van der Waals surface area contributed by atoms with Crippen molar-refractivity contribution >= 4 is 17.5 Å². The summed E-state index contributed by atoms with van der Waals surface area (Å²) in [5.41, 5.74) is 3.65. The average molecular weight is 310 g/mol. The molecule has 2 aromatic carbocycles. The van der Waals surface area contributed by atoms with E-state index >= 15 is 0 Å². The van der Waals surface area contributed by atoms with Crippen LogP contribution in [0.5, 0.6) is 0 Å². The van der Waals surface area contributed by atoms with Gasteiger partial charge in [-0.1, -0.05) is 43.3 Å². The van der Waals surface area contributed by atoms with Crippen LogP contribution in [-0.2, 0) is 11.2 Å². The third-order valence-corrected chi connectivity index (χ3v) is 3.68. The summed E-state index contributed by atoms with van der Waals surface area (Å²) in [6.45, 7) is 4.35. The van der Waals surface area contributed by atoms with E-state index in [2.05, 4.69) is 17.6 Å². The molecule has 4 nitrogen and oxygen atoms in total. The number of carbonyl (C=O) groups is 2. The highest BCUT2D eigenvalue weighted by atomic mass is 16.2. The molecule has 2 N–H and O–H groups in total. The van der Waals surface area contributed by atoms with Gasteiger partial charge >= 0.3 is 0 Å². The van der Waals surface area contributed by atoms with Crippen molar-refractivity contribution in [3.05, 3.63) is 65.2 Å². The smallest absolute Gasteiger partial charge is 0.251 e. The van der Waals surface area contributed by atoms with E-state index in [0.717, 1.165) is 23.2 Å². The lowest BCUT2D eigenvalue weighted by atomic mass is 10.1. The number of hydrogen-bond donors (Lipinski definition) is 2. The van der Waals surface area contributed by atoms with Crippen LogP contribution in [0.2, 0.25) is 0 Å². The van der Waals surface area contributed by atoms with Crippen LogP contribution in [0.3, 0.4) is 0 Å². The third-order valence-electron chi connectivity index (χ3n) is 3.68. The molecule has 0 saturated heterocycles. The second kappa shape index (κ2) is 8.13. The molecule has 0 aliphatic carbocycles. The topological polar surface area (TPSA) is 58.2 Å². The van der Waals surface area contributed by atoms with Gasteiger partial charge in [0.15, 0.2) is 0 Å². The molecule has 120 valence electrons. The quantitative estimate of drug-likeness (QED) is 0.860. The standard InChI is InChI=1S/C19H22N2O2/c1-3-15-11-7-8-14(2)18(15)21-17(22)12-13-20-19(23)16-9-5-4-6-10-16/h4-11H,3,12-13H2,1-2H3,(H,20,23)(H,21,22). The molecular weight excluding hydrogens is 288 g/mol. The molecule has 0 unspecified atom stereocenters. The minimum Gasteiger partial charge on any atom is -0.352 e. The lowest BCUT2D eigenvalue weighted by molar-refractivity contribution is -0.116. The predicted octanol–water partition coefficient (Wildman–Crippen LogP) is 3.32. The Kier molecular flexibility index (Phi) is 5.92. The number of anilines is 1. The zero-order valence-corrected chi connectivity index (χ0v) is 13.6. The lowest BCUT2D eigenvalue weighted by Crippen LogP contribution is -2.27. The second-order valence-corrected chi connectivity index (χ2v) is 5.38. The van der Waals surface area contributed by atoms with Crippen molar-refractivity contribution in [2.24, 2.45) is 0 Å². The molecule has 2 aromatic rings. The molecule has 0 spiro atoms. The number of amides is 2. The molecule has 0 fully saturated rings. The van der Waals surface area contributed by atoms with Crippen LogP contribution in [0, 0.1) is 6.92 Å². The molecule has 23 heavy (non-hydrogen) atoms. The first kappa shape index (κ1) is 16.7. The number of rotatable bonds is 6. The van der Waals surface area contributed by atoms with Gasteiger partial charge in [0.25, 0.3) is 5.91 Å². The molecule has 0 aromatic heterocycles. The van der Waals surface area contributed by atoms with Gasteiger partial charge in [-0.05, 0) is 36.6 Å². The van der Waals surface area contributed by atoms with Crippen LogP contribution in [-0.4, -0.2) is 18.4 Å². The minimum atomic E-state index is -0.163. The van der Waals surface area contributed by atoms with E-state index in [9.17, 15) is 9.59 Å². The highest BCUT2D eigenvalue weighted by Crippen LogP contribution is 2.21. The van der Waals surface area contributed by atoms with Crippen molar-refractivity contribution in [2.75, 3.05) is 11.9 Å². The molecule has 2 rings (SSSR count). The zero-order valence-electron chi connectivity index (χ0n) is 13.6. The van der Waals surface area contributed by atoms with Crippen molar-refractivity contribution in [3.8, 4) is 0 Å². The second-order valence-electron chi connectivity index (χ2n) is 5.38. The number of nitrogens with one attached hydrogen (secondary N) is 2. The molecule has 0 aliphatic heterocycles. The van der Waals surface area contributed by atoms with E-state index in [1.54, 1.807) is 12.1 Å². The molecule has 0 radical (unpaired) electrons. The molecule has 4 heteroatoms. The maximum absolute atomic E-state index is 12.1. The highest BCUT2D eigenvalue weighted by Gasteiger charge is 2.09. The molecule has 0 atom stereocenters. The van der Waals surface area contributed by atoms with E-state index in [1.807, 2.05) is 43.3 Å². The Balaban J connectivity index is 1.85. The first-order valence-corrected chi connectivity index (χ1v) is 7.83. The van der Waals surface area contributed by atoms with Crippen LogP contribution in [0.25, 0.3) is 0 Å². The summed E-state index contributed by atoms with van der Waals surface area (Å²) in [7, 11) is 0. The number of hydrogen-bond acceptors (Lipinski definition) is 2. The van der Waals surface area contributed by atoms with Gasteiger partial charge in [0, 0.05) is 24.2 Å². The summed E-state index contributed by atoms with van der Waals surface area (Å²) in [6, 6.07) is 15.0. The number of carbonyl (C=O) groups excluding carboxylic acids is 2. The largest absolute Gasteiger partial charge is 0.352 e. The number of aryl methyl sites for hydroxylation is 2. The van der Waals surface area contributed by atoms with Gasteiger partial charge in [-0.25, -0.2) is 0 Å². The molecule has 0 saturated carbocycles. The van der Waals surface area contributed by atoms with Gasteiger partial charge in [0.05, 0.1) is 0 Å². The third kappa shape index (κ3) is 4.68. The molecular formula is C19H22N2O2. The maximum Gasteiger partial charge on any atom is 0.251 e. The summed E-state index contributed by atoms with van der Waals surface area (Å²) >= 11 is 0. The van der Waals surface area contributed by atoms with Gasteiger partial charge in [0.1, 0.15) is 0 Å². The van der Waals surface area contributed by atoms with Crippen LogP contribution < -0.4 is 10.6 Å². The Bertz CT molecular complexity index is 681. The maximum atomic E-state index is 12.1. The van der Waals surface area contributed by atoms with E-state index in [1.165, 1.54) is 0 Å². The summed E-state index contributed by atoms with van der Waals surface area (Å²) in [4.78, 5) is 24.0. The summed E-state index contributed by atoms with van der Waals surface area (Å²) in [6.07, 6.45) is 1.11. The fraction of sp³-hybridized carbons (Fsp3) is 0.263. The van der Waals surface area contributed by atoms with Crippen molar-refractivity contribution in [3.63, 3.8) is 0 Å². The van der Waals surface area contributed by atoms with E-state index in [-0.39, 0.29) is 18.2 Å². The molecule has 0 heterocycles. The van der Waals surface area contributed by atoms with Gasteiger partial charge in [-0.3, -0.25) is 9.59 Å².